The fraction of sp³-hybridized carbons (Fsp3) is 0.429. The van der Waals surface area contributed by atoms with Crippen LogP contribution >= 0.6 is 11.6 Å². The monoisotopic (exact) mass is 192 g/mol. The lowest BCUT2D eigenvalue weighted by atomic mass is 10.1. The summed E-state index contributed by atoms with van der Waals surface area (Å²) in [6.45, 7) is 4.34. The van der Waals surface area contributed by atoms with Gasteiger partial charge in [0.2, 0.25) is 5.60 Å². The highest BCUT2D eigenvalue weighted by Gasteiger charge is 2.35. The molecule has 1 atom stereocenters. The Morgan fingerprint density at radius 1 is 1.75 bits per heavy atom. The molecule has 4 nitrogen and oxygen atoms in total. The molecule has 0 heterocycles. The molecule has 0 saturated carbocycles. The van der Waals surface area contributed by atoms with E-state index in [0.717, 1.165) is 6.08 Å². The average molecular weight is 193 g/mol. The molecule has 0 aromatic heterocycles. The maximum absolute atomic E-state index is 10.6. The maximum atomic E-state index is 10.6. The Morgan fingerprint density at radius 2 is 2.25 bits per heavy atom. The van der Waals surface area contributed by atoms with Crippen molar-refractivity contribution in [1.29, 1.82) is 0 Å². The molecule has 0 bridgehead atoms. The van der Waals surface area contributed by atoms with E-state index >= 15 is 0 Å². The van der Waals surface area contributed by atoms with Gasteiger partial charge in [-0.25, -0.2) is 9.59 Å². The third-order valence-electron chi connectivity index (χ3n) is 1.20. The van der Waals surface area contributed by atoms with Gasteiger partial charge in [-0.15, -0.1) is 11.6 Å². The van der Waals surface area contributed by atoms with Crippen molar-refractivity contribution in [3.8, 4) is 0 Å². The van der Waals surface area contributed by atoms with Gasteiger partial charge in [-0.3, -0.25) is 0 Å². The fourth-order valence-electron chi connectivity index (χ4n) is 0.392. The van der Waals surface area contributed by atoms with Crippen molar-refractivity contribution in [1.82, 2.24) is 0 Å². The van der Waals surface area contributed by atoms with Crippen molar-refractivity contribution in [2.75, 3.05) is 5.88 Å². The molecule has 0 aromatic rings. The summed E-state index contributed by atoms with van der Waals surface area (Å²) in [4.78, 5) is 21.1. The van der Waals surface area contributed by atoms with Gasteiger partial charge in [-0.05, 0) is 6.92 Å². The molecule has 68 valence electrons. The Labute approximate surface area is 74.8 Å². The van der Waals surface area contributed by atoms with Crippen LogP contribution in [0.3, 0.4) is 0 Å². The Bertz CT molecular complexity index is 213. The van der Waals surface area contributed by atoms with Crippen molar-refractivity contribution in [3.05, 3.63) is 12.7 Å². The lowest BCUT2D eigenvalue weighted by Gasteiger charge is -2.20. The number of aliphatic carboxylic acids is 1. The molecule has 0 aliphatic carbocycles. The van der Waals surface area contributed by atoms with Crippen LogP contribution < -0.4 is 0 Å². The van der Waals surface area contributed by atoms with Crippen molar-refractivity contribution in [2.45, 2.75) is 12.5 Å². The molecule has 12 heavy (non-hydrogen) atoms. The van der Waals surface area contributed by atoms with Gasteiger partial charge in [0.1, 0.15) is 0 Å². The van der Waals surface area contributed by atoms with Gasteiger partial charge in [0, 0.05) is 6.08 Å². The molecule has 0 aromatic carbocycles. The van der Waals surface area contributed by atoms with Crippen LogP contribution in [-0.4, -0.2) is 28.5 Å². The van der Waals surface area contributed by atoms with Crippen LogP contribution in [0.4, 0.5) is 0 Å². The summed E-state index contributed by atoms with van der Waals surface area (Å²) in [5, 5.41) is 8.58. The third kappa shape index (κ3) is 2.54. The number of carboxylic acids is 1. The van der Waals surface area contributed by atoms with Crippen LogP contribution in [0.15, 0.2) is 12.7 Å². The first-order valence-corrected chi connectivity index (χ1v) is 3.64. The molecule has 0 radical (unpaired) electrons. The number of carbonyl (C=O) groups excluding carboxylic acids is 1. The van der Waals surface area contributed by atoms with Crippen LogP contribution in [0.5, 0.6) is 0 Å². The average Bonchev–Trinajstić information content (AvgIpc) is 2.03. The van der Waals surface area contributed by atoms with Crippen LogP contribution in [-0.2, 0) is 14.3 Å². The third-order valence-corrected chi connectivity index (χ3v) is 1.71. The van der Waals surface area contributed by atoms with Crippen LogP contribution in [0.1, 0.15) is 6.92 Å². The minimum absolute atomic E-state index is 0.304. The number of ether oxygens (including phenoxy) is 1. The Balaban J connectivity index is 4.44. The van der Waals surface area contributed by atoms with Gasteiger partial charge in [-0.2, -0.15) is 0 Å². The Hall–Kier alpha value is -1.03. The van der Waals surface area contributed by atoms with Gasteiger partial charge in [0.25, 0.3) is 0 Å². The van der Waals surface area contributed by atoms with Gasteiger partial charge < -0.3 is 9.84 Å². The lowest BCUT2D eigenvalue weighted by molar-refractivity contribution is -0.170. The van der Waals surface area contributed by atoms with E-state index in [9.17, 15) is 9.59 Å². The molecule has 1 unspecified atom stereocenters. The number of alkyl halides is 1. The van der Waals surface area contributed by atoms with Gasteiger partial charge in [-0.1, -0.05) is 6.58 Å². The zero-order chi connectivity index (χ0) is 9.78. The second kappa shape index (κ2) is 4.11. The molecule has 0 amide bonds. The predicted octanol–water partition coefficient (Wildman–Crippen LogP) is 0.798. The first-order chi connectivity index (χ1) is 5.46. The highest BCUT2D eigenvalue weighted by atomic mass is 35.5. The smallest absolute Gasteiger partial charge is 0.349 e. The maximum Gasteiger partial charge on any atom is 0.349 e. The topological polar surface area (TPSA) is 63.6 Å². The van der Waals surface area contributed by atoms with E-state index < -0.39 is 17.5 Å². The van der Waals surface area contributed by atoms with Crippen molar-refractivity contribution >= 4 is 23.5 Å². The number of carbonyl (C=O) groups is 2. The van der Waals surface area contributed by atoms with E-state index in [4.69, 9.17) is 16.7 Å². The molecule has 0 fully saturated rings. The SMILES string of the molecule is C=CC(=O)OC(C)(CCl)C(=O)O. The Morgan fingerprint density at radius 3 is 2.50 bits per heavy atom. The van der Waals surface area contributed by atoms with Gasteiger partial charge in [0.15, 0.2) is 0 Å². The molecule has 0 rings (SSSR count). The number of hydrogen-bond acceptors (Lipinski definition) is 3. The Kier molecular flexibility index (Phi) is 3.76. The number of carboxylic acid groups (broad SMARTS) is 1. The molecule has 0 saturated heterocycles. The fourth-order valence-corrected chi connectivity index (χ4v) is 0.561. The van der Waals surface area contributed by atoms with E-state index in [1.165, 1.54) is 6.92 Å². The van der Waals surface area contributed by atoms with E-state index in [1.807, 2.05) is 0 Å². The second-order valence-corrected chi connectivity index (χ2v) is 2.56. The quantitative estimate of drug-likeness (QED) is 0.407. The van der Waals surface area contributed by atoms with Crippen LogP contribution in [0.2, 0.25) is 0 Å². The summed E-state index contributed by atoms with van der Waals surface area (Å²) >= 11 is 5.31. The molecular formula is C7H9ClO4. The van der Waals surface area contributed by atoms with E-state index in [1.54, 1.807) is 0 Å². The van der Waals surface area contributed by atoms with Crippen LogP contribution in [0.25, 0.3) is 0 Å². The number of rotatable bonds is 4. The molecule has 0 aliphatic rings. The summed E-state index contributed by atoms with van der Waals surface area (Å²) in [6.07, 6.45) is 0.883. The van der Waals surface area contributed by atoms with E-state index in [-0.39, 0.29) is 5.88 Å². The molecule has 0 spiro atoms. The van der Waals surface area contributed by atoms with Crippen LogP contribution in [0, 0.1) is 0 Å². The number of hydrogen-bond donors (Lipinski definition) is 1. The van der Waals surface area contributed by atoms with Gasteiger partial charge >= 0.3 is 11.9 Å². The second-order valence-electron chi connectivity index (χ2n) is 2.29. The first-order valence-electron chi connectivity index (χ1n) is 3.11. The predicted molar refractivity (Wildman–Crippen MR) is 43.0 cm³/mol. The van der Waals surface area contributed by atoms with E-state index in [2.05, 4.69) is 11.3 Å². The largest absolute Gasteiger partial charge is 0.478 e. The van der Waals surface area contributed by atoms with E-state index in [0.29, 0.717) is 0 Å². The highest BCUT2D eigenvalue weighted by Crippen LogP contribution is 2.13. The van der Waals surface area contributed by atoms with Crippen molar-refractivity contribution in [3.63, 3.8) is 0 Å². The molecule has 1 N–H and O–H groups in total. The lowest BCUT2D eigenvalue weighted by Crippen LogP contribution is -2.41. The summed E-state index contributed by atoms with van der Waals surface area (Å²) in [5.41, 5.74) is -1.67. The summed E-state index contributed by atoms with van der Waals surface area (Å²) < 4.78 is 4.51. The zero-order valence-corrected chi connectivity index (χ0v) is 7.30. The number of esters is 1. The summed E-state index contributed by atoms with van der Waals surface area (Å²) in [7, 11) is 0. The minimum Gasteiger partial charge on any atom is -0.478 e. The first kappa shape index (κ1) is 11.0. The normalized spacial score (nSPS) is 14.5. The highest BCUT2D eigenvalue weighted by molar-refractivity contribution is 6.20. The van der Waals surface area contributed by atoms with Gasteiger partial charge in [0.05, 0.1) is 5.88 Å². The molecule has 5 heteroatoms. The molecular weight excluding hydrogens is 184 g/mol. The molecule has 0 aliphatic heterocycles. The standard InChI is InChI=1S/C7H9ClO4/c1-3-5(9)12-7(2,4-8)6(10)11/h3H,1,4H2,2H3,(H,10,11). The minimum atomic E-state index is -1.67. The van der Waals surface area contributed by atoms with Crippen molar-refractivity contribution < 1.29 is 19.4 Å². The van der Waals surface area contributed by atoms with Crippen molar-refractivity contribution in [2.24, 2.45) is 0 Å². The zero-order valence-electron chi connectivity index (χ0n) is 6.54. The summed E-state index contributed by atoms with van der Waals surface area (Å²) in [5.74, 6) is -2.39. The number of halogens is 1. The summed E-state index contributed by atoms with van der Waals surface area (Å²) in [6, 6.07) is 0.